The SMILES string of the molecule is CNc1cc(C2CC2)nc(NCC(=O)O)n1. The second kappa shape index (κ2) is 4.34. The predicted octanol–water partition coefficient (Wildman–Crippen LogP) is 0.892. The Morgan fingerprint density at radius 2 is 2.31 bits per heavy atom. The fourth-order valence-electron chi connectivity index (χ4n) is 1.42. The summed E-state index contributed by atoms with van der Waals surface area (Å²) in [5.41, 5.74) is 0.979. The third kappa shape index (κ3) is 2.59. The third-order valence-electron chi connectivity index (χ3n) is 2.40. The number of aliphatic carboxylic acids is 1. The topological polar surface area (TPSA) is 87.1 Å². The van der Waals surface area contributed by atoms with Crippen molar-refractivity contribution in [2.75, 3.05) is 24.2 Å². The molecule has 6 heteroatoms. The molecule has 3 N–H and O–H groups in total. The Balaban J connectivity index is 2.15. The summed E-state index contributed by atoms with van der Waals surface area (Å²) in [6.07, 6.45) is 2.30. The van der Waals surface area contributed by atoms with Crippen molar-refractivity contribution in [3.05, 3.63) is 11.8 Å². The van der Waals surface area contributed by atoms with Gasteiger partial charge in [0.1, 0.15) is 12.4 Å². The van der Waals surface area contributed by atoms with E-state index >= 15 is 0 Å². The number of aromatic nitrogens is 2. The van der Waals surface area contributed by atoms with Gasteiger partial charge in [0.05, 0.1) is 5.69 Å². The van der Waals surface area contributed by atoms with Crippen LogP contribution in [-0.2, 0) is 4.79 Å². The first kappa shape index (κ1) is 10.7. The smallest absolute Gasteiger partial charge is 0.322 e. The van der Waals surface area contributed by atoms with Crippen molar-refractivity contribution in [1.82, 2.24) is 9.97 Å². The Kier molecular flexibility index (Phi) is 2.89. The monoisotopic (exact) mass is 222 g/mol. The molecule has 0 atom stereocenters. The third-order valence-corrected chi connectivity index (χ3v) is 2.40. The first-order valence-electron chi connectivity index (χ1n) is 5.21. The number of anilines is 2. The summed E-state index contributed by atoms with van der Waals surface area (Å²) in [6, 6.07) is 1.91. The number of carbonyl (C=O) groups is 1. The molecule has 0 amide bonds. The van der Waals surface area contributed by atoms with Crippen molar-refractivity contribution in [3.8, 4) is 0 Å². The summed E-state index contributed by atoms with van der Waals surface area (Å²) in [7, 11) is 1.78. The highest BCUT2D eigenvalue weighted by Gasteiger charge is 2.26. The first-order valence-corrected chi connectivity index (χ1v) is 5.21. The lowest BCUT2D eigenvalue weighted by Crippen LogP contribution is -2.15. The average molecular weight is 222 g/mol. The number of carboxylic acid groups (broad SMARTS) is 1. The van der Waals surface area contributed by atoms with Crippen LogP contribution in [-0.4, -0.2) is 34.6 Å². The molecule has 0 bridgehead atoms. The molecule has 86 valence electrons. The number of nitrogens with one attached hydrogen (secondary N) is 2. The maximum Gasteiger partial charge on any atom is 0.322 e. The summed E-state index contributed by atoms with van der Waals surface area (Å²) in [4.78, 5) is 18.9. The summed E-state index contributed by atoms with van der Waals surface area (Å²) in [5.74, 6) is 0.674. The minimum atomic E-state index is -0.925. The highest BCUT2D eigenvalue weighted by atomic mass is 16.4. The van der Waals surface area contributed by atoms with E-state index in [4.69, 9.17) is 5.11 Å². The van der Waals surface area contributed by atoms with Crippen LogP contribution in [0.15, 0.2) is 6.07 Å². The molecule has 0 aromatic carbocycles. The zero-order valence-corrected chi connectivity index (χ0v) is 9.03. The molecular formula is C10H14N4O2. The lowest BCUT2D eigenvalue weighted by molar-refractivity contribution is -0.134. The van der Waals surface area contributed by atoms with Gasteiger partial charge >= 0.3 is 5.97 Å². The molecule has 1 aliphatic carbocycles. The van der Waals surface area contributed by atoms with Crippen molar-refractivity contribution in [2.24, 2.45) is 0 Å². The van der Waals surface area contributed by atoms with Gasteiger partial charge in [-0.05, 0) is 12.8 Å². The molecule has 1 aromatic heterocycles. The van der Waals surface area contributed by atoms with Gasteiger partial charge in [-0.15, -0.1) is 0 Å². The molecule has 0 radical (unpaired) electrons. The highest BCUT2D eigenvalue weighted by molar-refractivity contribution is 5.71. The Morgan fingerprint density at radius 3 is 2.88 bits per heavy atom. The number of nitrogens with zero attached hydrogens (tertiary/aromatic N) is 2. The summed E-state index contributed by atoms with van der Waals surface area (Å²) >= 11 is 0. The molecule has 0 unspecified atom stereocenters. The summed E-state index contributed by atoms with van der Waals surface area (Å²) < 4.78 is 0. The Hall–Kier alpha value is -1.85. The van der Waals surface area contributed by atoms with Crippen molar-refractivity contribution in [2.45, 2.75) is 18.8 Å². The maximum absolute atomic E-state index is 10.4. The van der Waals surface area contributed by atoms with E-state index in [-0.39, 0.29) is 6.54 Å². The number of hydrogen-bond acceptors (Lipinski definition) is 5. The van der Waals surface area contributed by atoms with Gasteiger partial charge in [0.2, 0.25) is 5.95 Å². The highest BCUT2D eigenvalue weighted by Crippen LogP contribution is 2.39. The fourth-order valence-corrected chi connectivity index (χ4v) is 1.42. The van der Waals surface area contributed by atoms with Gasteiger partial charge in [-0.2, -0.15) is 4.98 Å². The van der Waals surface area contributed by atoms with Crippen LogP contribution in [0.25, 0.3) is 0 Å². The molecule has 1 aromatic rings. The van der Waals surface area contributed by atoms with E-state index in [1.165, 1.54) is 0 Å². The van der Waals surface area contributed by atoms with Gasteiger partial charge in [-0.1, -0.05) is 0 Å². The zero-order chi connectivity index (χ0) is 11.5. The molecule has 1 saturated carbocycles. The molecule has 2 rings (SSSR count). The normalized spacial score (nSPS) is 14.6. The molecular weight excluding hydrogens is 208 g/mol. The molecule has 6 nitrogen and oxygen atoms in total. The molecule has 0 saturated heterocycles. The lowest BCUT2D eigenvalue weighted by Gasteiger charge is -2.07. The molecule has 16 heavy (non-hydrogen) atoms. The zero-order valence-electron chi connectivity index (χ0n) is 9.03. The van der Waals surface area contributed by atoms with Gasteiger partial charge < -0.3 is 15.7 Å². The van der Waals surface area contributed by atoms with Crippen LogP contribution in [0.1, 0.15) is 24.5 Å². The van der Waals surface area contributed by atoms with Gasteiger partial charge in [0.25, 0.3) is 0 Å². The first-order chi connectivity index (χ1) is 7.69. The Labute approximate surface area is 93.1 Å². The van der Waals surface area contributed by atoms with Crippen LogP contribution in [0.5, 0.6) is 0 Å². The largest absolute Gasteiger partial charge is 0.480 e. The number of rotatable bonds is 5. The minimum Gasteiger partial charge on any atom is -0.480 e. The van der Waals surface area contributed by atoms with E-state index in [1.54, 1.807) is 7.05 Å². The van der Waals surface area contributed by atoms with E-state index in [2.05, 4.69) is 20.6 Å². The van der Waals surface area contributed by atoms with Crippen molar-refractivity contribution in [3.63, 3.8) is 0 Å². The van der Waals surface area contributed by atoms with Gasteiger partial charge in [0.15, 0.2) is 0 Å². The Morgan fingerprint density at radius 1 is 1.56 bits per heavy atom. The van der Waals surface area contributed by atoms with E-state index in [1.807, 2.05) is 6.07 Å². The van der Waals surface area contributed by atoms with Crippen molar-refractivity contribution < 1.29 is 9.90 Å². The summed E-state index contributed by atoms with van der Waals surface area (Å²) in [6.45, 7) is -0.169. The fraction of sp³-hybridized carbons (Fsp3) is 0.500. The quantitative estimate of drug-likeness (QED) is 0.686. The van der Waals surface area contributed by atoms with E-state index in [0.717, 1.165) is 18.5 Å². The molecule has 0 spiro atoms. The molecule has 0 aliphatic heterocycles. The molecule has 1 aliphatic rings. The molecule has 1 heterocycles. The van der Waals surface area contributed by atoms with Crippen LogP contribution in [0.2, 0.25) is 0 Å². The number of hydrogen-bond donors (Lipinski definition) is 3. The van der Waals surface area contributed by atoms with Crippen molar-refractivity contribution in [1.29, 1.82) is 0 Å². The van der Waals surface area contributed by atoms with Crippen LogP contribution >= 0.6 is 0 Å². The molecule has 1 fully saturated rings. The van der Waals surface area contributed by atoms with Crippen LogP contribution in [0, 0.1) is 0 Å². The second-order valence-corrected chi connectivity index (χ2v) is 3.77. The van der Waals surface area contributed by atoms with E-state index in [0.29, 0.717) is 17.7 Å². The van der Waals surface area contributed by atoms with Crippen molar-refractivity contribution >= 4 is 17.7 Å². The van der Waals surface area contributed by atoms with Gasteiger partial charge in [0, 0.05) is 19.0 Å². The van der Waals surface area contributed by atoms with Crippen LogP contribution in [0.3, 0.4) is 0 Å². The number of carboxylic acids is 1. The van der Waals surface area contributed by atoms with Crippen LogP contribution in [0.4, 0.5) is 11.8 Å². The van der Waals surface area contributed by atoms with Crippen LogP contribution < -0.4 is 10.6 Å². The Bertz CT molecular complexity index is 404. The second-order valence-electron chi connectivity index (χ2n) is 3.77. The average Bonchev–Trinajstić information content (AvgIpc) is 3.09. The van der Waals surface area contributed by atoms with Gasteiger partial charge in [-0.25, -0.2) is 4.98 Å². The standard InChI is InChI=1S/C10H14N4O2/c1-11-8-4-7(6-2-3-6)13-10(14-8)12-5-9(15)16/h4,6H,2-3,5H2,1H3,(H,15,16)(H2,11,12,13,14). The van der Waals surface area contributed by atoms with E-state index < -0.39 is 5.97 Å². The maximum atomic E-state index is 10.4. The predicted molar refractivity (Wildman–Crippen MR) is 59.7 cm³/mol. The minimum absolute atomic E-state index is 0.169. The lowest BCUT2D eigenvalue weighted by atomic mass is 10.3. The van der Waals surface area contributed by atoms with E-state index in [9.17, 15) is 4.79 Å². The summed E-state index contributed by atoms with van der Waals surface area (Å²) in [5, 5.41) is 14.2. The van der Waals surface area contributed by atoms with Gasteiger partial charge in [-0.3, -0.25) is 4.79 Å².